The molecule has 0 radical (unpaired) electrons. The van der Waals surface area contributed by atoms with Crippen LogP contribution in [0.3, 0.4) is 0 Å². The van der Waals surface area contributed by atoms with Crippen LogP contribution in [-0.4, -0.2) is 43.0 Å². The van der Waals surface area contributed by atoms with Gasteiger partial charge >= 0.3 is 0 Å². The largest absolute Gasteiger partial charge is 0.353 e. The zero-order valence-electron chi connectivity index (χ0n) is 10.6. The Kier molecular flexibility index (Phi) is 11.3. The summed E-state index contributed by atoms with van der Waals surface area (Å²) in [5, 5.41) is 2.84. The second-order valence-corrected chi connectivity index (χ2v) is 4.60. The first-order chi connectivity index (χ1) is 7.13. The number of halogens is 2. The molecule has 1 aliphatic heterocycles. The molecule has 1 heterocycles. The second kappa shape index (κ2) is 9.95. The summed E-state index contributed by atoms with van der Waals surface area (Å²) in [6.07, 6.45) is 2.61. The van der Waals surface area contributed by atoms with Crippen molar-refractivity contribution in [3.05, 3.63) is 0 Å². The molecule has 17 heavy (non-hydrogen) atoms. The fourth-order valence-electron chi connectivity index (χ4n) is 2.09. The molecule has 0 aromatic rings. The van der Waals surface area contributed by atoms with Crippen molar-refractivity contribution in [2.24, 2.45) is 11.7 Å². The van der Waals surface area contributed by atoms with Gasteiger partial charge in [0.05, 0.1) is 6.54 Å². The highest BCUT2D eigenvalue weighted by Crippen LogP contribution is 2.17. The second-order valence-electron chi connectivity index (χ2n) is 4.60. The van der Waals surface area contributed by atoms with E-state index >= 15 is 0 Å². The molecular weight excluding hydrogens is 261 g/mol. The molecule has 1 aliphatic rings. The van der Waals surface area contributed by atoms with Gasteiger partial charge in [-0.25, -0.2) is 0 Å². The van der Waals surface area contributed by atoms with Crippen molar-refractivity contribution < 1.29 is 4.79 Å². The van der Waals surface area contributed by atoms with Crippen molar-refractivity contribution in [2.45, 2.75) is 32.7 Å². The van der Waals surface area contributed by atoms with Crippen LogP contribution >= 0.6 is 24.8 Å². The first-order valence-corrected chi connectivity index (χ1v) is 5.84. The Morgan fingerprint density at radius 2 is 2.18 bits per heavy atom. The maximum Gasteiger partial charge on any atom is 0.233 e. The van der Waals surface area contributed by atoms with Crippen LogP contribution < -0.4 is 11.1 Å². The summed E-state index contributed by atoms with van der Waals surface area (Å²) in [5.74, 6) is 0.721. The monoisotopic (exact) mass is 285 g/mol. The van der Waals surface area contributed by atoms with Gasteiger partial charge in [-0.2, -0.15) is 0 Å². The van der Waals surface area contributed by atoms with E-state index in [-0.39, 0.29) is 37.3 Å². The van der Waals surface area contributed by atoms with E-state index < -0.39 is 0 Å². The molecule has 6 heteroatoms. The summed E-state index contributed by atoms with van der Waals surface area (Å²) in [4.78, 5) is 13.5. The first kappa shape index (κ1) is 19.3. The van der Waals surface area contributed by atoms with Crippen molar-refractivity contribution in [1.82, 2.24) is 10.2 Å². The number of carbonyl (C=O) groups is 1. The maximum atomic E-state index is 11.0. The van der Waals surface area contributed by atoms with Gasteiger partial charge in [0, 0.05) is 19.1 Å². The average Bonchev–Trinajstić information content (AvgIpc) is 2.25. The molecule has 0 bridgehead atoms. The maximum absolute atomic E-state index is 11.0. The van der Waals surface area contributed by atoms with Gasteiger partial charge in [0.15, 0.2) is 0 Å². The lowest BCUT2D eigenvalue weighted by Gasteiger charge is -2.35. The first-order valence-electron chi connectivity index (χ1n) is 5.84. The molecule has 0 aliphatic carbocycles. The zero-order chi connectivity index (χ0) is 11.3. The third-order valence-corrected chi connectivity index (χ3v) is 3.09. The van der Waals surface area contributed by atoms with Crippen LogP contribution in [0.1, 0.15) is 26.7 Å². The molecule has 1 amide bonds. The van der Waals surface area contributed by atoms with Crippen LogP contribution in [0.2, 0.25) is 0 Å². The van der Waals surface area contributed by atoms with E-state index in [4.69, 9.17) is 5.73 Å². The van der Waals surface area contributed by atoms with Crippen LogP contribution in [-0.2, 0) is 4.79 Å². The number of nitrogens with two attached hydrogens (primary N) is 1. The predicted molar refractivity (Wildman–Crippen MR) is 76.0 cm³/mol. The number of carbonyl (C=O) groups excluding carboxylic acids is 1. The third kappa shape index (κ3) is 7.09. The summed E-state index contributed by atoms with van der Waals surface area (Å²) < 4.78 is 0. The normalized spacial score (nSPS) is 21.9. The fraction of sp³-hybridized carbons (Fsp3) is 0.909. The summed E-state index contributed by atoms with van der Waals surface area (Å²) in [6, 6.07) is 0.420. The highest BCUT2D eigenvalue weighted by atomic mass is 35.5. The molecule has 1 saturated heterocycles. The summed E-state index contributed by atoms with van der Waals surface area (Å²) in [5.41, 5.74) is 5.23. The lowest BCUT2D eigenvalue weighted by atomic mass is 9.99. The van der Waals surface area contributed by atoms with Gasteiger partial charge in [-0.15, -0.1) is 24.8 Å². The minimum absolute atomic E-state index is 0. The third-order valence-electron chi connectivity index (χ3n) is 3.09. The topological polar surface area (TPSA) is 58.4 Å². The smallest absolute Gasteiger partial charge is 0.233 e. The van der Waals surface area contributed by atoms with Crippen LogP contribution in [0.15, 0.2) is 0 Å². The van der Waals surface area contributed by atoms with E-state index in [1.165, 1.54) is 12.8 Å². The van der Waals surface area contributed by atoms with E-state index in [0.717, 1.165) is 19.0 Å². The number of nitrogens with zero attached hydrogens (tertiary/aromatic N) is 1. The molecule has 0 aromatic heterocycles. The van der Waals surface area contributed by atoms with Crippen molar-refractivity contribution in [3.63, 3.8) is 0 Å². The molecule has 0 saturated carbocycles. The van der Waals surface area contributed by atoms with E-state index in [2.05, 4.69) is 24.1 Å². The molecule has 0 aromatic carbocycles. The quantitative estimate of drug-likeness (QED) is 0.811. The van der Waals surface area contributed by atoms with Gasteiger partial charge in [0.25, 0.3) is 0 Å². The van der Waals surface area contributed by atoms with Crippen LogP contribution in [0.25, 0.3) is 0 Å². The molecule has 2 unspecified atom stereocenters. The average molecular weight is 286 g/mol. The Morgan fingerprint density at radius 1 is 1.53 bits per heavy atom. The minimum atomic E-state index is -0.0630. The van der Waals surface area contributed by atoms with Gasteiger partial charge in [-0.05, 0) is 32.2 Å². The van der Waals surface area contributed by atoms with Crippen molar-refractivity contribution in [2.75, 3.05) is 26.2 Å². The van der Waals surface area contributed by atoms with Gasteiger partial charge in [0.2, 0.25) is 5.91 Å². The van der Waals surface area contributed by atoms with Crippen LogP contribution in [0.4, 0.5) is 0 Å². The summed E-state index contributed by atoms with van der Waals surface area (Å²) in [6.45, 7) is 7.56. The molecule has 1 rings (SSSR count). The number of amides is 1. The fourth-order valence-corrected chi connectivity index (χ4v) is 2.09. The molecule has 1 fully saturated rings. The number of hydrogen-bond acceptors (Lipinski definition) is 3. The molecule has 0 spiro atoms. The Bertz CT molecular complexity index is 217. The summed E-state index contributed by atoms with van der Waals surface area (Å²) >= 11 is 0. The standard InChI is InChI=1S/C11H23N3O.2ClH/c1-9-4-3-5-14(8-9)10(2)7-13-11(15)6-12;;/h9-10H,3-8,12H2,1-2H3,(H,13,15);2*1H. The predicted octanol–water partition coefficient (Wildman–Crippen LogP) is 1.03. The zero-order valence-corrected chi connectivity index (χ0v) is 12.3. The summed E-state index contributed by atoms with van der Waals surface area (Å²) in [7, 11) is 0. The van der Waals surface area contributed by atoms with Crippen molar-refractivity contribution >= 4 is 30.7 Å². The van der Waals surface area contributed by atoms with Gasteiger partial charge < -0.3 is 11.1 Å². The van der Waals surface area contributed by atoms with E-state index in [1.54, 1.807) is 0 Å². The van der Waals surface area contributed by atoms with E-state index in [9.17, 15) is 4.79 Å². The number of hydrogen-bond donors (Lipinski definition) is 2. The van der Waals surface area contributed by atoms with E-state index in [1.807, 2.05) is 0 Å². The Labute approximate surface area is 117 Å². The molecule has 3 N–H and O–H groups in total. The van der Waals surface area contributed by atoms with Crippen LogP contribution in [0, 0.1) is 5.92 Å². The Morgan fingerprint density at radius 3 is 2.71 bits per heavy atom. The van der Waals surface area contributed by atoms with Crippen LogP contribution in [0.5, 0.6) is 0 Å². The number of nitrogens with one attached hydrogen (secondary N) is 1. The minimum Gasteiger partial charge on any atom is -0.353 e. The number of likely N-dealkylation sites (tertiary alicyclic amines) is 1. The van der Waals surface area contributed by atoms with Gasteiger partial charge in [0.1, 0.15) is 0 Å². The highest BCUT2D eigenvalue weighted by Gasteiger charge is 2.20. The molecule has 104 valence electrons. The van der Waals surface area contributed by atoms with Gasteiger partial charge in [-0.1, -0.05) is 6.92 Å². The Hall–Kier alpha value is -0.0300. The molecular formula is C11H25Cl2N3O. The van der Waals surface area contributed by atoms with Crippen molar-refractivity contribution in [3.8, 4) is 0 Å². The number of rotatable bonds is 4. The highest BCUT2D eigenvalue weighted by molar-refractivity contribution is 5.85. The lowest BCUT2D eigenvalue weighted by molar-refractivity contribution is -0.120. The van der Waals surface area contributed by atoms with Gasteiger partial charge in [-0.3, -0.25) is 9.69 Å². The molecule has 4 nitrogen and oxygen atoms in total. The SMILES string of the molecule is CC1CCCN(C(C)CNC(=O)CN)C1.Cl.Cl. The number of piperidine rings is 1. The Balaban J connectivity index is 0. The van der Waals surface area contributed by atoms with E-state index in [0.29, 0.717) is 12.6 Å². The molecule has 2 atom stereocenters. The lowest BCUT2D eigenvalue weighted by Crippen LogP contribution is -2.47. The van der Waals surface area contributed by atoms with Crippen molar-refractivity contribution in [1.29, 1.82) is 0 Å².